The van der Waals surface area contributed by atoms with E-state index in [2.05, 4.69) is 15.3 Å². The Hall–Kier alpha value is -2.05. The van der Waals surface area contributed by atoms with E-state index in [0.29, 0.717) is 18.2 Å². The minimum absolute atomic E-state index is 0.0944. The molecule has 94 valence electrons. The van der Waals surface area contributed by atoms with Gasteiger partial charge in [0.2, 0.25) is 17.7 Å². The van der Waals surface area contributed by atoms with Crippen molar-refractivity contribution in [2.45, 2.75) is 6.92 Å². The fourth-order valence-corrected chi connectivity index (χ4v) is 1.30. The first kappa shape index (κ1) is 13.0. The van der Waals surface area contributed by atoms with Gasteiger partial charge >= 0.3 is 0 Å². The number of ether oxygens (including phenoxy) is 1. The summed E-state index contributed by atoms with van der Waals surface area (Å²) in [6.07, 6.45) is 0. The van der Waals surface area contributed by atoms with Gasteiger partial charge in [0, 0.05) is 19.7 Å². The number of methoxy groups -OCH3 is 1. The number of likely N-dealkylation sites (N-methyl/N-ethyl adjacent to an activating group) is 2. The van der Waals surface area contributed by atoms with E-state index in [1.165, 1.54) is 7.11 Å². The minimum atomic E-state index is -0.0944. The molecule has 0 saturated heterocycles. The molecule has 7 heteroatoms. The number of aromatic nitrogens is 2. The maximum Gasteiger partial charge on any atom is 0.239 e. The van der Waals surface area contributed by atoms with Crippen molar-refractivity contribution >= 4 is 17.7 Å². The maximum absolute atomic E-state index is 11.3. The van der Waals surface area contributed by atoms with Crippen LogP contribution >= 0.6 is 0 Å². The first-order chi connectivity index (χ1) is 8.10. The Labute approximate surface area is 100.0 Å². The predicted octanol–water partition coefficient (Wildman–Crippen LogP) is -0.360. The van der Waals surface area contributed by atoms with Gasteiger partial charge in [-0.2, -0.15) is 9.97 Å². The smallest absolute Gasteiger partial charge is 0.239 e. The fourth-order valence-electron chi connectivity index (χ4n) is 1.30. The van der Waals surface area contributed by atoms with Crippen LogP contribution in [0.2, 0.25) is 0 Å². The van der Waals surface area contributed by atoms with Gasteiger partial charge in [0.05, 0.1) is 13.7 Å². The number of rotatable bonds is 5. The van der Waals surface area contributed by atoms with E-state index < -0.39 is 0 Å². The van der Waals surface area contributed by atoms with Crippen molar-refractivity contribution in [3.05, 3.63) is 6.07 Å². The lowest BCUT2D eigenvalue weighted by molar-refractivity contribution is -0.119. The Bertz CT molecular complexity index is 396. The van der Waals surface area contributed by atoms with Crippen molar-refractivity contribution in [2.24, 2.45) is 0 Å². The highest BCUT2D eigenvalue weighted by atomic mass is 16.5. The Morgan fingerprint density at radius 3 is 2.82 bits per heavy atom. The molecule has 0 radical (unpaired) electrons. The predicted molar refractivity (Wildman–Crippen MR) is 65.0 cm³/mol. The molecule has 0 unspecified atom stereocenters. The Kier molecular flexibility index (Phi) is 4.50. The van der Waals surface area contributed by atoms with E-state index in [1.54, 1.807) is 18.0 Å². The lowest BCUT2D eigenvalue weighted by atomic mass is 10.4. The molecule has 0 bridgehead atoms. The van der Waals surface area contributed by atoms with Crippen molar-refractivity contribution in [1.82, 2.24) is 15.3 Å². The molecule has 0 spiro atoms. The third-order valence-corrected chi connectivity index (χ3v) is 2.23. The van der Waals surface area contributed by atoms with Gasteiger partial charge in [-0.05, 0) is 6.92 Å². The minimum Gasteiger partial charge on any atom is -0.481 e. The number of hydrogen-bond donors (Lipinski definition) is 2. The van der Waals surface area contributed by atoms with Crippen LogP contribution < -0.4 is 20.7 Å². The van der Waals surface area contributed by atoms with Crippen molar-refractivity contribution in [3.8, 4) is 5.88 Å². The van der Waals surface area contributed by atoms with Crippen LogP contribution in [0.1, 0.15) is 6.92 Å². The summed E-state index contributed by atoms with van der Waals surface area (Å²) in [7, 11) is 3.09. The largest absolute Gasteiger partial charge is 0.481 e. The lowest BCUT2D eigenvalue weighted by Gasteiger charge is -2.21. The van der Waals surface area contributed by atoms with E-state index >= 15 is 0 Å². The number of hydrogen-bond acceptors (Lipinski definition) is 6. The third-order valence-electron chi connectivity index (χ3n) is 2.23. The quantitative estimate of drug-likeness (QED) is 0.729. The molecule has 1 amide bonds. The van der Waals surface area contributed by atoms with Crippen LogP contribution in [0, 0.1) is 0 Å². The number of nitrogens with one attached hydrogen (secondary N) is 1. The van der Waals surface area contributed by atoms with Gasteiger partial charge in [-0.3, -0.25) is 4.79 Å². The zero-order valence-electron chi connectivity index (χ0n) is 10.2. The van der Waals surface area contributed by atoms with E-state index in [0.717, 1.165) is 0 Å². The summed E-state index contributed by atoms with van der Waals surface area (Å²) in [5, 5.41) is 2.56. The summed E-state index contributed by atoms with van der Waals surface area (Å²) in [6, 6.07) is 1.64. The zero-order valence-corrected chi connectivity index (χ0v) is 10.2. The monoisotopic (exact) mass is 239 g/mol. The average molecular weight is 239 g/mol. The van der Waals surface area contributed by atoms with E-state index in [1.807, 2.05) is 6.92 Å². The molecule has 0 saturated carbocycles. The number of amides is 1. The van der Waals surface area contributed by atoms with Crippen LogP contribution in [0.3, 0.4) is 0 Å². The molecule has 0 atom stereocenters. The summed E-state index contributed by atoms with van der Waals surface area (Å²) >= 11 is 0. The summed E-state index contributed by atoms with van der Waals surface area (Å²) < 4.78 is 5.00. The van der Waals surface area contributed by atoms with Crippen LogP contribution in [0.5, 0.6) is 5.88 Å². The molecule has 0 fully saturated rings. The topological polar surface area (TPSA) is 93.4 Å². The highest BCUT2D eigenvalue weighted by molar-refractivity contribution is 5.80. The molecule has 3 N–H and O–H groups in total. The number of anilines is 2. The Balaban J connectivity index is 2.94. The van der Waals surface area contributed by atoms with Gasteiger partial charge in [-0.15, -0.1) is 0 Å². The highest BCUT2D eigenvalue weighted by Crippen LogP contribution is 2.17. The molecule has 1 heterocycles. The van der Waals surface area contributed by atoms with Crippen LogP contribution in [0.4, 0.5) is 11.8 Å². The molecule has 0 aromatic carbocycles. The van der Waals surface area contributed by atoms with Crippen molar-refractivity contribution in [3.63, 3.8) is 0 Å². The zero-order chi connectivity index (χ0) is 12.8. The number of nitrogen functional groups attached to an aromatic ring is 1. The maximum atomic E-state index is 11.3. The molecule has 1 rings (SSSR count). The van der Waals surface area contributed by atoms with Crippen LogP contribution in [-0.2, 0) is 4.79 Å². The molecule has 1 aromatic heterocycles. The average Bonchev–Trinajstić information content (AvgIpc) is 2.34. The van der Waals surface area contributed by atoms with Crippen LogP contribution in [0.25, 0.3) is 0 Å². The SMILES string of the molecule is CCN(CC(=O)NC)c1cc(OC)nc(N)n1. The molecule has 0 aliphatic carbocycles. The second-order valence-electron chi connectivity index (χ2n) is 3.31. The Morgan fingerprint density at radius 2 is 2.29 bits per heavy atom. The van der Waals surface area contributed by atoms with Crippen molar-refractivity contribution < 1.29 is 9.53 Å². The lowest BCUT2D eigenvalue weighted by Crippen LogP contribution is -2.36. The van der Waals surface area contributed by atoms with E-state index in [9.17, 15) is 4.79 Å². The van der Waals surface area contributed by atoms with E-state index in [4.69, 9.17) is 10.5 Å². The van der Waals surface area contributed by atoms with Gasteiger partial charge in [0.25, 0.3) is 0 Å². The van der Waals surface area contributed by atoms with Crippen LogP contribution in [0.15, 0.2) is 6.07 Å². The van der Waals surface area contributed by atoms with Gasteiger partial charge in [-0.1, -0.05) is 0 Å². The second-order valence-corrected chi connectivity index (χ2v) is 3.31. The van der Waals surface area contributed by atoms with E-state index in [-0.39, 0.29) is 18.4 Å². The summed E-state index contributed by atoms with van der Waals surface area (Å²) in [4.78, 5) is 21.1. The second kappa shape index (κ2) is 5.88. The summed E-state index contributed by atoms with van der Waals surface area (Å²) in [5.74, 6) is 0.973. The molecule has 0 aliphatic heterocycles. The molecule has 1 aromatic rings. The summed E-state index contributed by atoms with van der Waals surface area (Å²) in [6.45, 7) is 2.77. The van der Waals surface area contributed by atoms with Gasteiger partial charge in [0.1, 0.15) is 5.82 Å². The molecule has 7 nitrogen and oxygen atoms in total. The number of nitrogens with two attached hydrogens (primary N) is 1. The number of nitrogens with zero attached hydrogens (tertiary/aromatic N) is 3. The number of carbonyl (C=O) groups excluding carboxylic acids is 1. The van der Waals surface area contributed by atoms with Crippen LogP contribution in [-0.4, -0.2) is 43.1 Å². The van der Waals surface area contributed by atoms with Gasteiger partial charge in [-0.25, -0.2) is 0 Å². The fraction of sp³-hybridized carbons (Fsp3) is 0.500. The standard InChI is InChI=1S/C10H17N5O2/c1-4-15(6-8(16)12-2)7-5-9(17-3)14-10(11)13-7/h5H,4,6H2,1-3H3,(H,12,16)(H2,11,13,14). The number of carbonyl (C=O) groups is 1. The summed E-state index contributed by atoms with van der Waals surface area (Å²) in [5.41, 5.74) is 5.56. The molecular formula is C10H17N5O2. The van der Waals surface area contributed by atoms with Crippen molar-refractivity contribution in [1.29, 1.82) is 0 Å². The normalized spacial score (nSPS) is 9.82. The van der Waals surface area contributed by atoms with Gasteiger partial charge in [0.15, 0.2) is 0 Å². The highest BCUT2D eigenvalue weighted by Gasteiger charge is 2.12. The Morgan fingerprint density at radius 1 is 1.59 bits per heavy atom. The third kappa shape index (κ3) is 3.47. The molecule has 0 aliphatic rings. The molecular weight excluding hydrogens is 222 g/mol. The first-order valence-corrected chi connectivity index (χ1v) is 5.24. The first-order valence-electron chi connectivity index (χ1n) is 5.24. The van der Waals surface area contributed by atoms with Crippen molar-refractivity contribution in [2.75, 3.05) is 37.9 Å². The van der Waals surface area contributed by atoms with Gasteiger partial charge < -0.3 is 20.7 Å². The molecule has 17 heavy (non-hydrogen) atoms.